The lowest BCUT2D eigenvalue weighted by molar-refractivity contribution is -0.115. The fraction of sp³-hybridized carbons (Fsp3) is 0.263. The third-order valence-electron chi connectivity index (χ3n) is 4.31. The Morgan fingerprint density at radius 2 is 1.68 bits per heavy atom. The zero-order valence-electron chi connectivity index (χ0n) is 16.2. The Morgan fingerprint density at radius 3 is 2.39 bits per heavy atom. The normalized spacial score (nSPS) is 14.6. The zero-order chi connectivity index (χ0) is 22.4. The van der Waals surface area contributed by atoms with Crippen LogP contribution in [0.5, 0.6) is 0 Å². The number of sulfonamides is 1. The van der Waals surface area contributed by atoms with E-state index in [-0.39, 0.29) is 29.4 Å². The molecule has 0 aromatic heterocycles. The van der Waals surface area contributed by atoms with E-state index in [1.807, 2.05) is 0 Å². The highest BCUT2D eigenvalue weighted by atomic mass is 32.2. The van der Waals surface area contributed by atoms with Crippen LogP contribution in [0.1, 0.15) is 0 Å². The van der Waals surface area contributed by atoms with Gasteiger partial charge in [0, 0.05) is 30.5 Å². The maximum atomic E-state index is 13.2. The van der Waals surface area contributed by atoms with Crippen molar-refractivity contribution in [1.29, 1.82) is 0 Å². The summed E-state index contributed by atoms with van der Waals surface area (Å²) in [5.41, 5.74) is 0.250. The summed E-state index contributed by atoms with van der Waals surface area (Å²) in [7, 11) is -3.73. The minimum Gasteiger partial charge on any atom is -0.379 e. The average Bonchev–Trinajstić information content (AvgIpc) is 2.76. The van der Waals surface area contributed by atoms with Gasteiger partial charge in [0.1, 0.15) is 0 Å². The maximum absolute atomic E-state index is 13.2. The van der Waals surface area contributed by atoms with Gasteiger partial charge in [0.15, 0.2) is 11.6 Å². The van der Waals surface area contributed by atoms with Gasteiger partial charge in [0.25, 0.3) is 0 Å². The molecule has 0 radical (unpaired) electrons. The van der Waals surface area contributed by atoms with Gasteiger partial charge in [-0.2, -0.15) is 4.31 Å². The van der Waals surface area contributed by atoms with Crippen LogP contribution in [0.4, 0.5) is 25.0 Å². The first kappa shape index (κ1) is 22.6. The first-order valence-corrected chi connectivity index (χ1v) is 10.7. The Hall–Kier alpha value is -3.09. The number of rotatable bonds is 6. The number of urea groups is 1. The third kappa shape index (κ3) is 5.96. The Kier molecular flexibility index (Phi) is 7.15. The molecule has 2 aromatic carbocycles. The SMILES string of the molecule is O=C(CNC(=O)Nc1cccc(S(=O)(=O)N2CCOCC2)c1)Nc1ccc(F)c(F)c1. The van der Waals surface area contributed by atoms with Crippen LogP contribution in [-0.2, 0) is 19.6 Å². The second-order valence-corrected chi connectivity index (χ2v) is 8.47. The summed E-state index contributed by atoms with van der Waals surface area (Å²) in [5, 5.41) is 7.05. The Bertz CT molecular complexity index is 1070. The molecule has 3 rings (SSSR count). The van der Waals surface area contributed by atoms with E-state index in [1.165, 1.54) is 34.6 Å². The minimum absolute atomic E-state index is 0.0169. The first-order chi connectivity index (χ1) is 14.8. The molecule has 31 heavy (non-hydrogen) atoms. The molecule has 1 fully saturated rings. The fourth-order valence-electron chi connectivity index (χ4n) is 2.79. The average molecular weight is 454 g/mol. The summed E-state index contributed by atoms with van der Waals surface area (Å²) >= 11 is 0. The van der Waals surface area contributed by atoms with Crippen LogP contribution < -0.4 is 16.0 Å². The van der Waals surface area contributed by atoms with E-state index in [0.29, 0.717) is 13.2 Å². The number of carbonyl (C=O) groups excluding carboxylic acids is 2. The number of hydrogen-bond acceptors (Lipinski definition) is 5. The first-order valence-electron chi connectivity index (χ1n) is 9.23. The number of ether oxygens (including phenoxy) is 1. The number of carbonyl (C=O) groups is 2. The van der Waals surface area contributed by atoms with Crippen molar-refractivity contribution in [2.24, 2.45) is 0 Å². The molecule has 0 saturated carbocycles. The molecule has 0 spiro atoms. The highest BCUT2D eigenvalue weighted by Gasteiger charge is 2.26. The Balaban J connectivity index is 1.55. The number of halogens is 2. The highest BCUT2D eigenvalue weighted by molar-refractivity contribution is 7.89. The van der Waals surface area contributed by atoms with Gasteiger partial charge in [-0.25, -0.2) is 22.0 Å². The van der Waals surface area contributed by atoms with Gasteiger partial charge in [-0.3, -0.25) is 4.79 Å². The third-order valence-corrected chi connectivity index (χ3v) is 6.21. The van der Waals surface area contributed by atoms with E-state index in [0.717, 1.165) is 12.1 Å². The van der Waals surface area contributed by atoms with Gasteiger partial charge in [0.05, 0.1) is 24.7 Å². The number of hydrogen-bond donors (Lipinski definition) is 3. The van der Waals surface area contributed by atoms with Crippen molar-refractivity contribution >= 4 is 33.3 Å². The number of amides is 3. The number of benzene rings is 2. The van der Waals surface area contributed by atoms with E-state index in [4.69, 9.17) is 4.74 Å². The molecular weight excluding hydrogens is 434 g/mol. The maximum Gasteiger partial charge on any atom is 0.319 e. The van der Waals surface area contributed by atoms with Crippen LogP contribution in [0, 0.1) is 11.6 Å². The van der Waals surface area contributed by atoms with E-state index >= 15 is 0 Å². The van der Waals surface area contributed by atoms with Crippen LogP contribution in [0.2, 0.25) is 0 Å². The van der Waals surface area contributed by atoms with Crippen LogP contribution in [0.25, 0.3) is 0 Å². The quantitative estimate of drug-likeness (QED) is 0.615. The molecule has 3 amide bonds. The van der Waals surface area contributed by atoms with E-state index in [2.05, 4.69) is 16.0 Å². The topological polar surface area (TPSA) is 117 Å². The molecule has 3 N–H and O–H groups in total. The van der Waals surface area contributed by atoms with Crippen molar-refractivity contribution in [1.82, 2.24) is 9.62 Å². The van der Waals surface area contributed by atoms with Crippen molar-refractivity contribution < 1.29 is 31.5 Å². The highest BCUT2D eigenvalue weighted by Crippen LogP contribution is 2.20. The van der Waals surface area contributed by atoms with Gasteiger partial charge in [-0.05, 0) is 30.3 Å². The molecule has 0 atom stereocenters. The monoisotopic (exact) mass is 454 g/mol. The summed E-state index contributed by atoms with van der Waals surface area (Å²) < 4.78 is 57.9. The standard InChI is InChI=1S/C19H20F2N4O5S/c20-16-5-4-14(11-17(16)21)23-18(26)12-22-19(27)24-13-2-1-3-15(10-13)31(28,29)25-6-8-30-9-7-25/h1-5,10-11H,6-9,12H2,(H,23,26)(H2,22,24,27). The van der Waals surface area contributed by atoms with Gasteiger partial charge < -0.3 is 20.7 Å². The van der Waals surface area contributed by atoms with Crippen LogP contribution >= 0.6 is 0 Å². The van der Waals surface area contributed by atoms with Gasteiger partial charge in [-0.1, -0.05) is 6.07 Å². The van der Waals surface area contributed by atoms with Crippen molar-refractivity contribution in [2.75, 3.05) is 43.5 Å². The van der Waals surface area contributed by atoms with Crippen LogP contribution in [0.15, 0.2) is 47.4 Å². The second kappa shape index (κ2) is 9.81. The molecular formula is C19H20F2N4O5S. The predicted molar refractivity (Wildman–Crippen MR) is 108 cm³/mol. The van der Waals surface area contributed by atoms with Crippen molar-refractivity contribution in [3.63, 3.8) is 0 Å². The van der Waals surface area contributed by atoms with E-state index < -0.39 is 40.1 Å². The molecule has 1 aliphatic rings. The number of morpholine rings is 1. The molecule has 0 unspecified atom stereocenters. The lowest BCUT2D eigenvalue weighted by Gasteiger charge is -2.26. The minimum atomic E-state index is -3.73. The Morgan fingerprint density at radius 1 is 0.968 bits per heavy atom. The van der Waals surface area contributed by atoms with E-state index in [1.54, 1.807) is 0 Å². The molecule has 0 aliphatic carbocycles. The number of anilines is 2. The van der Waals surface area contributed by atoms with Crippen LogP contribution in [-0.4, -0.2) is 57.5 Å². The predicted octanol–water partition coefficient (Wildman–Crippen LogP) is 1.75. The molecule has 1 heterocycles. The lowest BCUT2D eigenvalue weighted by Crippen LogP contribution is -2.40. The van der Waals surface area contributed by atoms with Crippen LogP contribution in [0.3, 0.4) is 0 Å². The summed E-state index contributed by atoms with van der Waals surface area (Å²) in [4.78, 5) is 23.9. The molecule has 9 nitrogen and oxygen atoms in total. The fourth-order valence-corrected chi connectivity index (χ4v) is 4.24. The summed E-state index contributed by atoms with van der Waals surface area (Å²) in [6.07, 6.45) is 0. The number of nitrogens with one attached hydrogen (secondary N) is 3. The van der Waals surface area contributed by atoms with E-state index in [9.17, 15) is 26.8 Å². The van der Waals surface area contributed by atoms with Gasteiger partial charge >= 0.3 is 6.03 Å². The summed E-state index contributed by atoms with van der Waals surface area (Å²) in [6, 6.07) is 7.82. The number of nitrogens with zero attached hydrogens (tertiary/aromatic N) is 1. The van der Waals surface area contributed by atoms with Crippen molar-refractivity contribution in [3.8, 4) is 0 Å². The molecule has 166 valence electrons. The smallest absolute Gasteiger partial charge is 0.319 e. The van der Waals surface area contributed by atoms with Gasteiger partial charge in [0.2, 0.25) is 15.9 Å². The lowest BCUT2D eigenvalue weighted by atomic mass is 10.3. The zero-order valence-corrected chi connectivity index (χ0v) is 17.0. The molecule has 12 heteroatoms. The second-order valence-electron chi connectivity index (χ2n) is 6.53. The van der Waals surface area contributed by atoms with Gasteiger partial charge in [-0.15, -0.1) is 0 Å². The molecule has 1 aliphatic heterocycles. The van der Waals surface area contributed by atoms with Crippen molar-refractivity contribution in [3.05, 3.63) is 54.1 Å². The largest absolute Gasteiger partial charge is 0.379 e. The van der Waals surface area contributed by atoms with Crippen molar-refractivity contribution in [2.45, 2.75) is 4.90 Å². The summed E-state index contributed by atoms with van der Waals surface area (Å²) in [5.74, 6) is -2.83. The molecule has 1 saturated heterocycles. The molecule has 2 aromatic rings. The summed E-state index contributed by atoms with van der Waals surface area (Å²) in [6.45, 7) is 0.663. The Labute approximate surface area is 177 Å². The molecule has 0 bridgehead atoms.